The van der Waals surface area contributed by atoms with Gasteiger partial charge in [0.05, 0.1) is 15.9 Å². The Labute approximate surface area is 135 Å². The zero-order valence-electron chi connectivity index (χ0n) is 13.5. The van der Waals surface area contributed by atoms with Gasteiger partial charge in [0.2, 0.25) is 0 Å². The third-order valence-electron chi connectivity index (χ3n) is 4.20. The first-order valence-corrected chi connectivity index (χ1v) is 8.12. The minimum Gasteiger partial charge on any atom is -0.321 e. The normalized spacial score (nSPS) is 14.2. The highest BCUT2D eigenvalue weighted by Crippen LogP contribution is 2.29. The number of halogens is 1. The van der Waals surface area contributed by atoms with Crippen LogP contribution in [0.1, 0.15) is 41.9 Å². The topological polar surface area (TPSA) is 43.8 Å². The van der Waals surface area contributed by atoms with Crippen LogP contribution >= 0.6 is 15.9 Å². The highest BCUT2D eigenvalue weighted by molar-refractivity contribution is 9.10. The van der Waals surface area contributed by atoms with Crippen molar-refractivity contribution in [2.45, 2.75) is 46.1 Å². The molecule has 1 aromatic heterocycles. The summed E-state index contributed by atoms with van der Waals surface area (Å²) in [5, 5.41) is 4.55. The van der Waals surface area contributed by atoms with Crippen molar-refractivity contribution in [3.63, 3.8) is 0 Å². The van der Waals surface area contributed by atoms with Gasteiger partial charge >= 0.3 is 0 Å². The Morgan fingerprint density at radius 2 is 1.95 bits per heavy atom. The van der Waals surface area contributed by atoms with Gasteiger partial charge in [-0.2, -0.15) is 5.10 Å². The van der Waals surface area contributed by atoms with Gasteiger partial charge in [0.1, 0.15) is 0 Å². The minimum atomic E-state index is -0.417. The molecule has 1 atom stereocenters. The van der Waals surface area contributed by atoms with Gasteiger partial charge in [-0.3, -0.25) is 4.68 Å². The van der Waals surface area contributed by atoms with E-state index in [2.05, 4.69) is 66.9 Å². The smallest absolute Gasteiger partial charge is 0.0766 e. The lowest BCUT2D eigenvalue weighted by Gasteiger charge is -2.26. The molecule has 21 heavy (non-hydrogen) atoms. The molecule has 0 amide bonds. The quantitative estimate of drug-likeness (QED) is 0.912. The van der Waals surface area contributed by atoms with Gasteiger partial charge in [-0.05, 0) is 59.8 Å². The van der Waals surface area contributed by atoms with Crippen LogP contribution in [0.15, 0.2) is 22.7 Å². The molecule has 0 saturated carbocycles. The Morgan fingerprint density at radius 1 is 1.29 bits per heavy atom. The second-order valence-corrected chi connectivity index (χ2v) is 6.87. The van der Waals surface area contributed by atoms with Crippen LogP contribution in [-0.2, 0) is 25.4 Å². The molecule has 4 heteroatoms. The second kappa shape index (κ2) is 5.93. The predicted molar refractivity (Wildman–Crippen MR) is 91.4 cm³/mol. The molecule has 114 valence electrons. The SMILES string of the molecule is CCc1nn(C)c(CC(C)(N)c2ccc(C)c(C)c2)c1Br. The molecule has 0 saturated heterocycles. The van der Waals surface area contributed by atoms with Gasteiger partial charge in [-0.25, -0.2) is 0 Å². The van der Waals surface area contributed by atoms with Gasteiger partial charge in [0.25, 0.3) is 0 Å². The van der Waals surface area contributed by atoms with Crippen molar-refractivity contribution >= 4 is 15.9 Å². The van der Waals surface area contributed by atoms with Crippen LogP contribution in [0.3, 0.4) is 0 Å². The van der Waals surface area contributed by atoms with E-state index in [1.807, 2.05) is 11.7 Å². The van der Waals surface area contributed by atoms with Gasteiger partial charge < -0.3 is 5.73 Å². The molecule has 1 aromatic carbocycles. The molecular weight excluding hydrogens is 326 g/mol. The van der Waals surface area contributed by atoms with Crippen molar-refractivity contribution < 1.29 is 0 Å². The van der Waals surface area contributed by atoms with Gasteiger partial charge in [-0.15, -0.1) is 0 Å². The number of hydrogen-bond acceptors (Lipinski definition) is 2. The summed E-state index contributed by atoms with van der Waals surface area (Å²) < 4.78 is 3.03. The summed E-state index contributed by atoms with van der Waals surface area (Å²) in [5.41, 5.74) is 12.2. The first-order valence-electron chi connectivity index (χ1n) is 7.33. The number of nitrogens with two attached hydrogens (primary N) is 1. The predicted octanol–water partition coefficient (Wildman–Crippen LogP) is 3.78. The van der Waals surface area contributed by atoms with Crippen molar-refractivity contribution in [2.24, 2.45) is 12.8 Å². The van der Waals surface area contributed by atoms with Crippen LogP contribution in [0.2, 0.25) is 0 Å². The highest BCUT2D eigenvalue weighted by Gasteiger charge is 2.26. The van der Waals surface area contributed by atoms with E-state index in [0.717, 1.165) is 34.3 Å². The highest BCUT2D eigenvalue weighted by atomic mass is 79.9. The van der Waals surface area contributed by atoms with Crippen LogP contribution in [0, 0.1) is 13.8 Å². The fourth-order valence-electron chi connectivity index (χ4n) is 2.56. The van der Waals surface area contributed by atoms with E-state index in [1.54, 1.807) is 0 Å². The molecule has 1 unspecified atom stereocenters. The fourth-order valence-corrected chi connectivity index (χ4v) is 3.31. The van der Waals surface area contributed by atoms with Crippen LogP contribution in [-0.4, -0.2) is 9.78 Å². The summed E-state index contributed by atoms with van der Waals surface area (Å²) in [5.74, 6) is 0. The maximum Gasteiger partial charge on any atom is 0.0766 e. The molecule has 2 aromatic rings. The third kappa shape index (κ3) is 3.22. The van der Waals surface area contributed by atoms with E-state index >= 15 is 0 Å². The van der Waals surface area contributed by atoms with Crippen molar-refractivity contribution in [1.82, 2.24) is 9.78 Å². The van der Waals surface area contributed by atoms with Crippen molar-refractivity contribution in [3.8, 4) is 0 Å². The number of benzene rings is 1. The van der Waals surface area contributed by atoms with Gasteiger partial charge in [0.15, 0.2) is 0 Å². The third-order valence-corrected chi connectivity index (χ3v) is 5.12. The molecule has 3 nitrogen and oxygen atoms in total. The Bertz CT molecular complexity index is 656. The van der Waals surface area contributed by atoms with E-state index in [-0.39, 0.29) is 0 Å². The fraction of sp³-hybridized carbons (Fsp3) is 0.471. The standard InChI is InChI=1S/C17H24BrN3/c1-6-14-16(18)15(21(5)20-14)10-17(4,19)13-8-7-11(2)12(3)9-13/h7-9H,6,10,19H2,1-5H3. The van der Waals surface area contributed by atoms with E-state index < -0.39 is 5.54 Å². The summed E-state index contributed by atoms with van der Waals surface area (Å²) in [6, 6.07) is 6.47. The number of aromatic nitrogens is 2. The number of hydrogen-bond donors (Lipinski definition) is 1. The van der Waals surface area contributed by atoms with E-state index in [9.17, 15) is 0 Å². The average Bonchev–Trinajstić information content (AvgIpc) is 2.69. The van der Waals surface area contributed by atoms with Crippen LogP contribution < -0.4 is 5.73 Å². The molecule has 0 aliphatic rings. The summed E-state index contributed by atoms with van der Waals surface area (Å²) >= 11 is 3.67. The molecule has 0 radical (unpaired) electrons. The molecule has 0 fully saturated rings. The molecule has 1 heterocycles. The summed E-state index contributed by atoms with van der Waals surface area (Å²) in [6.07, 6.45) is 1.67. The Hall–Kier alpha value is -1.13. The Kier molecular flexibility index (Phi) is 4.59. The van der Waals surface area contributed by atoms with Crippen molar-refractivity contribution in [1.29, 1.82) is 0 Å². The zero-order valence-corrected chi connectivity index (χ0v) is 15.1. The first-order chi connectivity index (χ1) is 9.76. The largest absolute Gasteiger partial charge is 0.321 e. The maximum atomic E-state index is 6.62. The number of rotatable bonds is 4. The average molecular weight is 350 g/mol. The zero-order chi connectivity index (χ0) is 15.8. The van der Waals surface area contributed by atoms with Crippen LogP contribution in [0.4, 0.5) is 0 Å². The van der Waals surface area contributed by atoms with Gasteiger partial charge in [0, 0.05) is 19.0 Å². The van der Waals surface area contributed by atoms with Crippen molar-refractivity contribution in [2.75, 3.05) is 0 Å². The summed E-state index contributed by atoms with van der Waals surface area (Å²) in [7, 11) is 1.98. The van der Waals surface area contributed by atoms with E-state index in [1.165, 1.54) is 11.1 Å². The maximum absolute atomic E-state index is 6.62. The molecule has 2 N–H and O–H groups in total. The molecule has 0 bridgehead atoms. The lowest BCUT2D eigenvalue weighted by Crippen LogP contribution is -2.36. The molecule has 0 spiro atoms. The monoisotopic (exact) mass is 349 g/mol. The first kappa shape index (κ1) is 16.2. The van der Waals surface area contributed by atoms with Crippen molar-refractivity contribution in [3.05, 3.63) is 50.8 Å². The molecule has 2 rings (SSSR count). The molecule has 0 aliphatic carbocycles. The molecular formula is C17H24BrN3. The second-order valence-electron chi connectivity index (χ2n) is 6.08. The van der Waals surface area contributed by atoms with Gasteiger partial charge in [-0.1, -0.05) is 25.1 Å². The van der Waals surface area contributed by atoms with E-state index in [4.69, 9.17) is 5.73 Å². The van der Waals surface area contributed by atoms with Crippen LogP contribution in [0.5, 0.6) is 0 Å². The number of aryl methyl sites for hydroxylation is 4. The lowest BCUT2D eigenvalue weighted by atomic mass is 9.86. The van der Waals surface area contributed by atoms with E-state index in [0.29, 0.717) is 0 Å². The Morgan fingerprint density at radius 3 is 2.48 bits per heavy atom. The van der Waals surface area contributed by atoms with Crippen LogP contribution in [0.25, 0.3) is 0 Å². The summed E-state index contributed by atoms with van der Waals surface area (Å²) in [4.78, 5) is 0. The molecule has 0 aliphatic heterocycles. The summed E-state index contributed by atoms with van der Waals surface area (Å²) in [6.45, 7) is 8.45. The number of nitrogens with zero attached hydrogens (tertiary/aromatic N) is 2. The minimum absolute atomic E-state index is 0.417. The lowest BCUT2D eigenvalue weighted by molar-refractivity contribution is 0.470. The Balaban J connectivity index is 2.37.